The standard InChI is InChI=1S/C15H15N5O4/c1-9(24-14(22)11-12(16)18-8-7-17-11)13(21)20-15(23)19-10-5-3-2-4-6-10/h2-9H,1H3,(H2,16,18)(H2,19,20,21,23)/t9-/m1/s1. The number of hydrogen-bond acceptors (Lipinski definition) is 7. The number of amides is 3. The predicted octanol–water partition coefficient (Wildman–Crippen LogP) is 0.952. The Labute approximate surface area is 137 Å². The molecule has 124 valence electrons. The second-order valence-electron chi connectivity index (χ2n) is 4.65. The highest BCUT2D eigenvalue weighted by Crippen LogP contribution is 2.07. The van der Waals surface area contributed by atoms with Crippen LogP contribution in [0.2, 0.25) is 0 Å². The number of nitrogen functional groups attached to an aromatic ring is 1. The Morgan fingerprint density at radius 3 is 2.46 bits per heavy atom. The molecule has 24 heavy (non-hydrogen) atoms. The largest absolute Gasteiger partial charge is 0.448 e. The van der Waals surface area contributed by atoms with Crippen molar-refractivity contribution < 1.29 is 19.1 Å². The lowest BCUT2D eigenvalue weighted by molar-refractivity contribution is -0.127. The Hall–Kier alpha value is -3.49. The topological polar surface area (TPSA) is 136 Å². The molecule has 0 unspecified atom stereocenters. The van der Waals surface area contributed by atoms with Gasteiger partial charge in [0, 0.05) is 18.1 Å². The number of carbonyl (C=O) groups is 3. The lowest BCUT2D eigenvalue weighted by Gasteiger charge is -2.13. The van der Waals surface area contributed by atoms with Gasteiger partial charge < -0.3 is 15.8 Å². The highest BCUT2D eigenvalue weighted by atomic mass is 16.5. The molecule has 1 aromatic carbocycles. The van der Waals surface area contributed by atoms with Gasteiger partial charge >= 0.3 is 12.0 Å². The number of ether oxygens (including phenoxy) is 1. The van der Waals surface area contributed by atoms with Crippen LogP contribution in [0.1, 0.15) is 17.4 Å². The molecule has 0 fully saturated rings. The molecule has 4 N–H and O–H groups in total. The number of urea groups is 1. The Morgan fingerprint density at radius 2 is 1.79 bits per heavy atom. The highest BCUT2D eigenvalue weighted by Gasteiger charge is 2.23. The summed E-state index contributed by atoms with van der Waals surface area (Å²) in [6.45, 7) is 1.32. The SMILES string of the molecule is C[C@@H](OC(=O)c1nccnc1N)C(=O)NC(=O)Nc1ccccc1. The summed E-state index contributed by atoms with van der Waals surface area (Å²) in [5.41, 5.74) is 5.81. The molecule has 0 saturated heterocycles. The molecule has 0 radical (unpaired) electrons. The zero-order chi connectivity index (χ0) is 17.5. The summed E-state index contributed by atoms with van der Waals surface area (Å²) in [4.78, 5) is 42.9. The number of anilines is 2. The lowest BCUT2D eigenvalue weighted by atomic mass is 10.3. The van der Waals surface area contributed by atoms with Crippen molar-refractivity contribution in [3.63, 3.8) is 0 Å². The number of rotatable bonds is 4. The summed E-state index contributed by atoms with van der Waals surface area (Å²) in [7, 11) is 0. The molecule has 2 aromatic rings. The number of nitrogens with two attached hydrogens (primary N) is 1. The summed E-state index contributed by atoms with van der Waals surface area (Å²) < 4.78 is 4.92. The van der Waals surface area contributed by atoms with Crippen LogP contribution in [0.3, 0.4) is 0 Å². The maximum Gasteiger partial charge on any atom is 0.361 e. The van der Waals surface area contributed by atoms with Gasteiger partial charge in [0.15, 0.2) is 17.6 Å². The van der Waals surface area contributed by atoms with Gasteiger partial charge in [-0.05, 0) is 19.1 Å². The second kappa shape index (κ2) is 7.68. The van der Waals surface area contributed by atoms with Gasteiger partial charge in [0.05, 0.1) is 0 Å². The number of aromatic nitrogens is 2. The van der Waals surface area contributed by atoms with E-state index in [9.17, 15) is 14.4 Å². The van der Waals surface area contributed by atoms with E-state index in [1.54, 1.807) is 30.3 Å². The van der Waals surface area contributed by atoms with Gasteiger partial charge in [-0.15, -0.1) is 0 Å². The fourth-order valence-corrected chi connectivity index (χ4v) is 1.67. The van der Waals surface area contributed by atoms with E-state index in [0.717, 1.165) is 0 Å². The van der Waals surface area contributed by atoms with Crippen molar-refractivity contribution in [2.75, 3.05) is 11.1 Å². The van der Waals surface area contributed by atoms with Crippen LogP contribution in [0.4, 0.5) is 16.3 Å². The van der Waals surface area contributed by atoms with Gasteiger partial charge in [-0.2, -0.15) is 0 Å². The molecule has 2 rings (SSSR count). The number of nitrogens with zero attached hydrogens (tertiary/aromatic N) is 2. The molecule has 0 spiro atoms. The van der Waals surface area contributed by atoms with E-state index in [4.69, 9.17) is 10.5 Å². The number of imide groups is 1. The van der Waals surface area contributed by atoms with Crippen LogP contribution >= 0.6 is 0 Å². The van der Waals surface area contributed by atoms with E-state index in [2.05, 4.69) is 20.6 Å². The number of esters is 1. The smallest absolute Gasteiger partial charge is 0.361 e. The molecular formula is C15H15N5O4. The Morgan fingerprint density at radius 1 is 1.12 bits per heavy atom. The first-order valence-corrected chi connectivity index (χ1v) is 6.91. The quantitative estimate of drug-likeness (QED) is 0.710. The van der Waals surface area contributed by atoms with Gasteiger partial charge in [0.2, 0.25) is 0 Å². The molecule has 9 nitrogen and oxygen atoms in total. The van der Waals surface area contributed by atoms with Crippen molar-refractivity contribution in [3.05, 3.63) is 48.4 Å². The van der Waals surface area contributed by atoms with Crippen LogP contribution in [0.15, 0.2) is 42.7 Å². The molecule has 1 heterocycles. The third-order valence-electron chi connectivity index (χ3n) is 2.84. The highest BCUT2D eigenvalue weighted by molar-refractivity contribution is 6.03. The molecule has 0 aliphatic heterocycles. The lowest BCUT2D eigenvalue weighted by Crippen LogP contribution is -2.41. The molecule has 0 aliphatic rings. The first-order valence-electron chi connectivity index (χ1n) is 6.91. The molecule has 3 amide bonds. The molecule has 1 atom stereocenters. The summed E-state index contributed by atoms with van der Waals surface area (Å²) in [6.07, 6.45) is 1.36. The molecule has 0 bridgehead atoms. The van der Waals surface area contributed by atoms with E-state index in [0.29, 0.717) is 5.69 Å². The Balaban J connectivity index is 1.89. The minimum absolute atomic E-state index is 0.114. The summed E-state index contributed by atoms with van der Waals surface area (Å²) in [5, 5.41) is 4.53. The van der Waals surface area contributed by atoms with E-state index in [1.807, 2.05) is 0 Å². The Bertz CT molecular complexity index is 751. The second-order valence-corrected chi connectivity index (χ2v) is 4.65. The van der Waals surface area contributed by atoms with E-state index >= 15 is 0 Å². The van der Waals surface area contributed by atoms with Crippen molar-refractivity contribution in [1.29, 1.82) is 0 Å². The first kappa shape index (κ1) is 16.9. The van der Waals surface area contributed by atoms with Gasteiger partial charge in [0.1, 0.15) is 0 Å². The van der Waals surface area contributed by atoms with Crippen LogP contribution < -0.4 is 16.4 Å². The minimum Gasteiger partial charge on any atom is -0.448 e. The molecule has 0 aliphatic carbocycles. The fraction of sp³-hybridized carbons (Fsp3) is 0.133. The zero-order valence-corrected chi connectivity index (χ0v) is 12.7. The summed E-state index contributed by atoms with van der Waals surface area (Å²) in [6, 6.07) is 7.82. The molecular weight excluding hydrogens is 314 g/mol. The first-order chi connectivity index (χ1) is 11.5. The van der Waals surface area contributed by atoms with Crippen molar-refractivity contribution >= 4 is 29.4 Å². The van der Waals surface area contributed by atoms with Crippen LogP contribution in [-0.4, -0.2) is 34.0 Å². The van der Waals surface area contributed by atoms with Gasteiger partial charge in [-0.1, -0.05) is 18.2 Å². The fourth-order valence-electron chi connectivity index (χ4n) is 1.67. The number of hydrogen-bond donors (Lipinski definition) is 3. The van der Waals surface area contributed by atoms with Crippen molar-refractivity contribution in [2.45, 2.75) is 13.0 Å². The normalized spacial score (nSPS) is 11.2. The van der Waals surface area contributed by atoms with Crippen LogP contribution in [0.25, 0.3) is 0 Å². The molecule has 0 saturated carbocycles. The molecule has 1 aromatic heterocycles. The predicted molar refractivity (Wildman–Crippen MR) is 84.9 cm³/mol. The summed E-state index contributed by atoms with van der Waals surface area (Å²) in [5.74, 6) is -1.82. The van der Waals surface area contributed by atoms with Crippen LogP contribution in [0.5, 0.6) is 0 Å². The minimum atomic E-state index is -1.22. The average Bonchev–Trinajstić information content (AvgIpc) is 2.55. The zero-order valence-electron chi connectivity index (χ0n) is 12.7. The van der Waals surface area contributed by atoms with E-state index in [-0.39, 0.29) is 11.5 Å². The third-order valence-corrected chi connectivity index (χ3v) is 2.84. The number of para-hydroxylation sites is 1. The van der Waals surface area contributed by atoms with E-state index < -0.39 is 24.0 Å². The number of carbonyl (C=O) groups excluding carboxylic acids is 3. The van der Waals surface area contributed by atoms with Crippen molar-refractivity contribution in [2.24, 2.45) is 0 Å². The van der Waals surface area contributed by atoms with Gasteiger partial charge in [-0.25, -0.2) is 19.6 Å². The monoisotopic (exact) mass is 329 g/mol. The number of nitrogens with one attached hydrogen (secondary N) is 2. The van der Waals surface area contributed by atoms with Crippen molar-refractivity contribution in [1.82, 2.24) is 15.3 Å². The molecule has 9 heteroatoms. The average molecular weight is 329 g/mol. The summed E-state index contributed by atoms with van der Waals surface area (Å²) >= 11 is 0. The maximum atomic E-state index is 11.9. The Kier molecular flexibility index (Phi) is 5.40. The van der Waals surface area contributed by atoms with E-state index in [1.165, 1.54) is 19.3 Å². The van der Waals surface area contributed by atoms with Crippen LogP contribution in [0, 0.1) is 0 Å². The van der Waals surface area contributed by atoms with Crippen LogP contribution in [-0.2, 0) is 9.53 Å². The van der Waals surface area contributed by atoms with Gasteiger partial charge in [0.25, 0.3) is 5.91 Å². The van der Waals surface area contributed by atoms with Gasteiger partial charge in [-0.3, -0.25) is 10.1 Å². The third kappa shape index (κ3) is 4.50. The maximum absolute atomic E-state index is 11.9. The van der Waals surface area contributed by atoms with Crippen molar-refractivity contribution in [3.8, 4) is 0 Å². The number of benzene rings is 1.